The molecule has 0 spiro atoms. The Morgan fingerprint density at radius 1 is 0.795 bits per heavy atom. The van der Waals surface area contributed by atoms with Crippen molar-refractivity contribution in [1.29, 1.82) is 0 Å². The number of nitrogens with one attached hydrogen (secondary N) is 1. The van der Waals surface area contributed by atoms with Crippen LogP contribution in [0.15, 0.2) is 108 Å². The van der Waals surface area contributed by atoms with E-state index >= 15 is 0 Å². The molecule has 1 aromatic heterocycles. The molecule has 5 rings (SSSR count). The standard InChI is InChI=1S/C32H24ClNO4S/c33-26-14-12-25(13-15-26)27(35)19-31-34-32(36)30(39-31)18-24-11-16-28(37-20-22-7-3-1-4-8-22)29(17-24)38-21-23-9-5-2-6-10-23/h1-19H,20-21H2,(H,34,36)/b30-18-,31-19-. The molecule has 1 heterocycles. The van der Waals surface area contributed by atoms with Crippen molar-refractivity contribution in [1.82, 2.24) is 4.98 Å². The molecule has 194 valence electrons. The van der Waals surface area contributed by atoms with Gasteiger partial charge in [-0.3, -0.25) is 9.59 Å². The summed E-state index contributed by atoms with van der Waals surface area (Å²) in [4.78, 5) is 28.0. The highest BCUT2D eigenvalue weighted by molar-refractivity contribution is 7.07. The van der Waals surface area contributed by atoms with Gasteiger partial charge in [-0.1, -0.05) is 78.3 Å². The minimum Gasteiger partial charge on any atom is -0.485 e. The number of thiazole rings is 1. The molecule has 0 saturated heterocycles. The molecule has 0 atom stereocenters. The van der Waals surface area contributed by atoms with Crippen LogP contribution in [0, 0.1) is 0 Å². The van der Waals surface area contributed by atoms with E-state index in [0.717, 1.165) is 16.7 Å². The van der Waals surface area contributed by atoms with Crippen LogP contribution in [-0.2, 0) is 13.2 Å². The van der Waals surface area contributed by atoms with Crippen molar-refractivity contribution in [2.45, 2.75) is 13.2 Å². The lowest BCUT2D eigenvalue weighted by atomic mass is 10.1. The van der Waals surface area contributed by atoms with Gasteiger partial charge in [-0.2, -0.15) is 0 Å². The average Bonchev–Trinajstić information content (AvgIpc) is 3.30. The highest BCUT2D eigenvalue weighted by atomic mass is 35.5. The Morgan fingerprint density at radius 2 is 1.41 bits per heavy atom. The first-order valence-electron chi connectivity index (χ1n) is 12.2. The summed E-state index contributed by atoms with van der Waals surface area (Å²) in [7, 11) is 0. The fourth-order valence-corrected chi connectivity index (χ4v) is 4.82. The SMILES string of the molecule is O=C(/C=c1/[nH]c(=O)/c(=C/c2ccc(OCc3ccccc3)c(OCc3ccccc3)c2)s1)c1ccc(Cl)cc1. The molecule has 5 nitrogen and oxygen atoms in total. The predicted octanol–water partition coefficient (Wildman–Crippen LogP) is 5.74. The summed E-state index contributed by atoms with van der Waals surface area (Å²) in [5.41, 5.74) is 3.06. The minimum atomic E-state index is -0.272. The second-order valence-electron chi connectivity index (χ2n) is 8.70. The fourth-order valence-electron chi connectivity index (χ4n) is 3.81. The average molecular weight is 554 g/mol. The summed E-state index contributed by atoms with van der Waals surface area (Å²) in [5.74, 6) is 0.961. The topological polar surface area (TPSA) is 68.4 Å². The zero-order chi connectivity index (χ0) is 27.0. The largest absolute Gasteiger partial charge is 0.485 e. The van der Waals surface area contributed by atoms with Crippen LogP contribution in [0.3, 0.4) is 0 Å². The lowest BCUT2D eigenvalue weighted by Crippen LogP contribution is -2.20. The number of Topliss-reactive ketones (excluding diaryl/α,β-unsaturated/α-hetero) is 1. The van der Waals surface area contributed by atoms with Crippen molar-refractivity contribution in [3.8, 4) is 11.5 Å². The smallest absolute Gasteiger partial charge is 0.266 e. The first kappa shape index (κ1) is 26.2. The summed E-state index contributed by atoms with van der Waals surface area (Å²) in [6.07, 6.45) is 3.19. The normalized spacial score (nSPS) is 11.9. The summed E-state index contributed by atoms with van der Waals surface area (Å²) in [6, 6.07) is 32.0. The number of hydrogen-bond acceptors (Lipinski definition) is 5. The maximum Gasteiger partial charge on any atom is 0.266 e. The second-order valence-corrected chi connectivity index (χ2v) is 10.2. The molecule has 0 aliphatic carbocycles. The van der Waals surface area contributed by atoms with Crippen molar-refractivity contribution >= 4 is 40.9 Å². The summed E-state index contributed by atoms with van der Waals surface area (Å²) < 4.78 is 13.2. The van der Waals surface area contributed by atoms with E-state index in [-0.39, 0.29) is 11.3 Å². The molecule has 1 N–H and O–H groups in total. The van der Waals surface area contributed by atoms with Gasteiger partial charge < -0.3 is 14.5 Å². The molecule has 0 bridgehead atoms. The van der Waals surface area contributed by atoms with Crippen molar-refractivity contribution in [2.24, 2.45) is 0 Å². The van der Waals surface area contributed by atoms with E-state index in [1.54, 1.807) is 30.3 Å². The van der Waals surface area contributed by atoms with E-state index in [2.05, 4.69) is 4.98 Å². The Kier molecular flexibility index (Phi) is 8.36. The number of H-pyrrole nitrogens is 1. The van der Waals surface area contributed by atoms with Gasteiger partial charge in [-0.05, 0) is 59.2 Å². The quantitative estimate of drug-likeness (QED) is 0.236. The van der Waals surface area contributed by atoms with E-state index in [1.165, 1.54) is 17.4 Å². The minimum absolute atomic E-state index is 0.216. The van der Waals surface area contributed by atoms with Crippen LogP contribution in [0.4, 0.5) is 0 Å². The van der Waals surface area contributed by atoms with Gasteiger partial charge in [0.25, 0.3) is 5.56 Å². The number of halogens is 1. The number of aromatic amines is 1. The highest BCUT2D eigenvalue weighted by Crippen LogP contribution is 2.30. The molecule has 5 aromatic rings. The lowest BCUT2D eigenvalue weighted by Gasteiger charge is -2.14. The molecule has 0 saturated carbocycles. The third kappa shape index (κ3) is 7.13. The van der Waals surface area contributed by atoms with Gasteiger partial charge in [0, 0.05) is 16.7 Å². The number of aromatic nitrogens is 1. The lowest BCUT2D eigenvalue weighted by molar-refractivity contribution is 0.106. The van der Waals surface area contributed by atoms with Crippen molar-refractivity contribution < 1.29 is 14.3 Å². The first-order valence-corrected chi connectivity index (χ1v) is 13.4. The van der Waals surface area contributed by atoms with Gasteiger partial charge >= 0.3 is 0 Å². The highest BCUT2D eigenvalue weighted by Gasteiger charge is 2.09. The molecule has 0 amide bonds. The van der Waals surface area contributed by atoms with Crippen LogP contribution in [0.25, 0.3) is 12.2 Å². The predicted molar refractivity (Wildman–Crippen MR) is 156 cm³/mol. The third-order valence-electron chi connectivity index (χ3n) is 5.81. The Morgan fingerprint density at radius 3 is 2.05 bits per heavy atom. The van der Waals surface area contributed by atoms with Crippen LogP contribution < -0.4 is 24.2 Å². The maximum absolute atomic E-state index is 12.6. The molecular weight excluding hydrogens is 530 g/mol. The van der Waals surface area contributed by atoms with E-state index in [1.807, 2.05) is 78.9 Å². The fraction of sp³-hybridized carbons (Fsp3) is 0.0625. The van der Waals surface area contributed by atoms with Crippen LogP contribution in [0.1, 0.15) is 27.0 Å². The number of benzene rings is 4. The molecule has 0 aliphatic rings. The molecule has 39 heavy (non-hydrogen) atoms. The van der Waals surface area contributed by atoms with Gasteiger partial charge in [0.15, 0.2) is 17.3 Å². The maximum atomic E-state index is 12.6. The molecule has 0 radical (unpaired) electrons. The van der Waals surface area contributed by atoms with Gasteiger partial charge in [0.2, 0.25) is 0 Å². The van der Waals surface area contributed by atoms with E-state index in [0.29, 0.717) is 44.5 Å². The van der Waals surface area contributed by atoms with Crippen LogP contribution in [0.5, 0.6) is 11.5 Å². The van der Waals surface area contributed by atoms with Crippen LogP contribution in [-0.4, -0.2) is 10.8 Å². The van der Waals surface area contributed by atoms with E-state index in [4.69, 9.17) is 21.1 Å². The molecular formula is C32H24ClNO4S. The van der Waals surface area contributed by atoms with E-state index in [9.17, 15) is 9.59 Å². The number of ketones is 1. The Balaban J connectivity index is 1.42. The van der Waals surface area contributed by atoms with Crippen molar-refractivity contribution in [2.75, 3.05) is 0 Å². The Labute approximate surface area is 234 Å². The number of carbonyl (C=O) groups excluding carboxylic acids is 1. The number of rotatable bonds is 9. The first-order chi connectivity index (χ1) is 19.0. The Bertz CT molecular complexity index is 1740. The zero-order valence-corrected chi connectivity index (χ0v) is 22.4. The summed E-state index contributed by atoms with van der Waals surface area (Å²) >= 11 is 7.12. The second kappa shape index (κ2) is 12.4. The van der Waals surface area contributed by atoms with Gasteiger partial charge in [-0.15, -0.1) is 11.3 Å². The van der Waals surface area contributed by atoms with E-state index < -0.39 is 0 Å². The number of hydrogen-bond donors (Lipinski definition) is 1. The molecule has 4 aromatic carbocycles. The third-order valence-corrected chi connectivity index (χ3v) is 7.03. The molecule has 0 fully saturated rings. The van der Waals surface area contributed by atoms with Gasteiger partial charge in [0.05, 0.1) is 9.20 Å². The van der Waals surface area contributed by atoms with Crippen LogP contribution >= 0.6 is 22.9 Å². The van der Waals surface area contributed by atoms with Gasteiger partial charge in [0.1, 0.15) is 13.2 Å². The number of carbonyl (C=O) groups is 1. The molecule has 7 heteroatoms. The van der Waals surface area contributed by atoms with Crippen LogP contribution in [0.2, 0.25) is 5.02 Å². The molecule has 0 aliphatic heterocycles. The number of ether oxygens (including phenoxy) is 2. The summed E-state index contributed by atoms with van der Waals surface area (Å²) in [6.45, 7) is 0.772. The Hall–Kier alpha value is -4.39. The van der Waals surface area contributed by atoms with Gasteiger partial charge in [-0.25, -0.2) is 0 Å². The summed E-state index contributed by atoms with van der Waals surface area (Å²) in [5, 5.41) is 0.552. The monoisotopic (exact) mass is 553 g/mol. The van der Waals surface area contributed by atoms with Crippen molar-refractivity contribution in [3.63, 3.8) is 0 Å². The zero-order valence-electron chi connectivity index (χ0n) is 20.8. The van der Waals surface area contributed by atoms with Crippen molar-refractivity contribution in [3.05, 3.63) is 150 Å². The molecule has 0 unspecified atom stereocenters.